The van der Waals surface area contributed by atoms with Crippen molar-refractivity contribution in [3.05, 3.63) is 0 Å². The normalized spacial score (nSPS) is 19.0. The molecule has 0 spiro atoms. The maximum atomic E-state index is 6.38. The molecule has 0 N–H and O–H groups in total. The van der Waals surface area contributed by atoms with Crippen molar-refractivity contribution < 1.29 is 9.22 Å². The Morgan fingerprint density at radius 3 is 1.41 bits per heavy atom. The van der Waals surface area contributed by atoms with Crippen molar-refractivity contribution in [2.75, 3.05) is 19.6 Å². The highest BCUT2D eigenvalue weighted by molar-refractivity contribution is 4.79. The van der Waals surface area contributed by atoms with Gasteiger partial charge in [0.2, 0.25) is 6.23 Å². The van der Waals surface area contributed by atoms with Crippen LogP contribution in [-0.2, 0) is 4.74 Å². The first kappa shape index (κ1) is 27.0. The van der Waals surface area contributed by atoms with E-state index in [9.17, 15) is 0 Å². The van der Waals surface area contributed by atoms with Crippen LogP contribution in [0.25, 0.3) is 0 Å². The molecule has 1 heterocycles. The van der Waals surface area contributed by atoms with Crippen LogP contribution in [0.15, 0.2) is 0 Å². The molecule has 1 aliphatic rings. The summed E-state index contributed by atoms with van der Waals surface area (Å²) in [6.45, 7) is 13.4. The fourth-order valence-electron chi connectivity index (χ4n) is 5.17. The second kappa shape index (κ2) is 17.6. The van der Waals surface area contributed by atoms with E-state index in [1.54, 1.807) is 0 Å². The van der Waals surface area contributed by atoms with Crippen LogP contribution in [0.4, 0.5) is 0 Å². The Bertz CT molecular complexity index is 340. The molecule has 0 amide bonds. The van der Waals surface area contributed by atoms with E-state index in [0.29, 0.717) is 12.3 Å². The molecule has 0 bridgehead atoms. The molecule has 29 heavy (non-hydrogen) atoms. The second-order valence-electron chi connectivity index (χ2n) is 9.84. The van der Waals surface area contributed by atoms with Crippen molar-refractivity contribution in [3.8, 4) is 0 Å². The summed E-state index contributed by atoms with van der Waals surface area (Å²) in [5.41, 5.74) is 0. The largest absolute Gasteiger partial charge is 0.314 e. The van der Waals surface area contributed by atoms with Gasteiger partial charge in [0, 0.05) is 0 Å². The van der Waals surface area contributed by atoms with Crippen LogP contribution in [0.1, 0.15) is 143 Å². The molecule has 174 valence electrons. The fourth-order valence-corrected chi connectivity index (χ4v) is 5.17. The molecule has 2 atom stereocenters. The Labute approximate surface area is 184 Å². The lowest BCUT2D eigenvalue weighted by Gasteiger charge is -2.38. The van der Waals surface area contributed by atoms with Crippen LogP contribution < -0.4 is 0 Å². The van der Waals surface area contributed by atoms with Crippen LogP contribution in [0, 0.1) is 0 Å². The molecule has 2 unspecified atom stereocenters. The average molecular weight is 411 g/mol. The van der Waals surface area contributed by atoms with Gasteiger partial charge in [-0.15, -0.1) is 0 Å². The molecule has 0 aromatic carbocycles. The number of quaternary nitrogens is 1. The molecule has 1 saturated heterocycles. The van der Waals surface area contributed by atoms with E-state index in [0.717, 1.165) is 0 Å². The van der Waals surface area contributed by atoms with Crippen molar-refractivity contribution in [1.82, 2.24) is 0 Å². The van der Waals surface area contributed by atoms with E-state index >= 15 is 0 Å². The molecule has 0 aromatic heterocycles. The van der Waals surface area contributed by atoms with Gasteiger partial charge < -0.3 is 4.74 Å². The van der Waals surface area contributed by atoms with Gasteiger partial charge in [-0.25, -0.2) is 0 Å². The van der Waals surface area contributed by atoms with E-state index < -0.39 is 0 Å². The zero-order chi connectivity index (χ0) is 21.2. The van der Waals surface area contributed by atoms with E-state index in [-0.39, 0.29) is 0 Å². The molecule has 0 aromatic rings. The van der Waals surface area contributed by atoms with Crippen molar-refractivity contribution in [3.63, 3.8) is 0 Å². The van der Waals surface area contributed by atoms with Crippen molar-refractivity contribution in [2.24, 2.45) is 0 Å². The Morgan fingerprint density at radius 1 is 0.483 bits per heavy atom. The fraction of sp³-hybridized carbons (Fsp3) is 1.00. The highest BCUT2D eigenvalue weighted by Crippen LogP contribution is 2.37. The topological polar surface area (TPSA) is 12.5 Å². The van der Waals surface area contributed by atoms with Crippen LogP contribution in [0.3, 0.4) is 0 Å². The second-order valence-corrected chi connectivity index (χ2v) is 9.84. The molecule has 1 fully saturated rings. The Balaban J connectivity index is 2.51. The summed E-state index contributed by atoms with van der Waals surface area (Å²) in [4.78, 5) is 0. The van der Waals surface area contributed by atoms with Gasteiger partial charge in [-0.3, -0.25) is 4.48 Å². The highest BCUT2D eigenvalue weighted by Gasteiger charge is 2.53. The van der Waals surface area contributed by atoms with E-state index in [4.69, 9.17) is 4.74 Å². The zero-order valence-corrected chi connectivity index (χ0v) is 20.9. The molecule has 2 nitrogen and oxygen atoms in total. The number of hydrogen-bond donors (Lipinski definition) is 0. The number of nitrogens with zero attached hydrogens (tertiary/aromatic N) is 1. The molecule has 0 aliphatic carbocycles. The Kier molecular flexibility index (Phi) is 16.3. The smallest absolute Gasteiger partial charge is 0.220 e. The number of ether oxygens (including phenoxy) is 1. The Morgan fingerprint density at radius 2 is 0.931 bits per heavy atom. The summed E-state index contributed by atoms with van der Waals surface area (Å²) in [6, 6.07) is 0. The van der Waals surface area contributed by atoms with E-state index in [2.05, 4.69) is 27.7 Å². The summed E-state index contributed by atoms with van der Waals surface area (Å²) >= 11 is 0. The quantitative estimate of drug-likeness (QED) is 0.0988. The van der Waals surface area contributed by atoms with Crippen molar-refractivity contribution in [2.45, 2.75) is 156 Å². The predicted molar refractivity (Wildman–Crippen MR) is 129 cm³/mol. The molecule has 0 radical (unpaired) electrons. The first-order chi connectivity index (χ1) is 14.2. The summed E-state index contributed by atoms with van der Waals surface area (Å²) in [7, 11) is 0. The molecular weight excluding hydrogens is 354 g/mol. The van der Waals surface area contributed by atoms with Gasteiger partial charge in [-0.05, 0) is 38.5 Å². The van der Waals surface area contributed by atoms with Crippen LogP contribution in [0.5, 0.6) is 0 Å². The molecule has 2 heteroatoms. The number of hydrogen-bond acceptors (Lipinski definition) is 1. The van der Waals surface area contributed by atoms with Gasteiger partial charge in [0.25, 0.3) is 0 Å². The van der Waals surface area contributed by atoms with Crippen LogP contribution >= 0.6 is 0 Å². The van der Waals surface area contributed by atoms with Crippen LogP contribution in [-0.4, -0.2) is 36.4 Å². The molecule has 0 saturated carbocycles. The van der Waals surface area contributed by atoms with Gasteiger partial charge in [0.05, 0.1) is 19.6 Å². The maximum absolute atomic E-state index is 6.38. The Hall–Kier alpha value is -0.0800. The minimum absolute atomic E-state index is 0.530. The van der Waals surface area contributed by atoms with Crippen LogP contribution in [0.2, 0.25) is 0 Å². The summed E-state index contributed by atoms with van der Waals surface area (Å²) in [5, 5.41) is 0. The third kappa shape index (κ3) is 11.8. The minimum Gasteiger partial charge on any atom is -0.314 e. The number of unbranched alkanes of at least 4 members (excludes halogenated alkanes) is 13. The minimum atomic E-state index is 0.530. The highest BCUT2D eigenvalue weighted by atomic mass is 16.6. The zero-order valence-electron chi connectivity index (χ0n) is 20.9. The summed E-state index contributed by atoms with van der Waals surface area (Å²) < 4.78 is 7.67. The van der Waals surface area contributed by atoms with Gasteiger partial charge in [0.1, 0.15) is 6.10 Å². The lowest BCUT2D eigenvalue weighted by Crippen LogP contribution is -2.53. The lowest BCUT2D eigenvalue weighted by atomic mass is 10.1. The lowest BCUT2D eigenvalue weighted by molar-refractivity contribution is -0.948. The van der Waals surface area contributed by atoms with E-state index in [1.807, 2.05) is 0 Å². The first-order valence-corrected chi connectivity index (χ1v) is 13.7. The average Bonchev–Trinajstić information content (AvgIpc) is 3.50. The van der Waals surface area contributed by atoms with Gasteiger partial charge >= 0.3 is 0 Å². The summed E-state index contributed by atoms with van der Waals surface area (Å²) in [5.74, 6) is 0. The van der Waals surface area contributed by atoms with Crippen molar-refractivity contribution >= 4 is 0 Å². The van der Waals surface area contributed by atoms with E-state index in [1.165, 1.54) is 140 Å². The van der Waals surface area contributed by atoms with Gasteiger partial charge in [-0.1, -0.05) is 105 Å². The maximum Gasteiger partial charge on any atom is 0.220 e. The third-order valence-electron chi connectivity index (χ3n) is 7.02. The summed E-state index contributed by atoms with van der Waals surface area (Å²) in [6.07, 6.45) is 26.1. The molecule has 1 rings (SSSR count). The number of epoxide rings is 1. The monoisotopic (exact) mass is 410 g/mol. The standard InChI is InChI=1S/C27H56NO/c1-5-9-12-15-17-20-24-28(23-8-4,25-21-18-16-13-10-6-2)27-26(29-27)22-19-14-11-7-3/h26-27H,5-25H2,1-4H3/q+1. The number of rotatable bonds is 22. The van der Waals surface area contributed by atoms with Gasteiger partial charge in [-0.2, -0.15) is 0 Å². The SMILES string of the molecule is CCCCCCCC[N+](CCC)(CCCCCCCC)C1OC1CCCCCC. The third-order valence-corrected chi connectivity index (χ3v) is 7.02. The van der Waals surface area contributed by atoms with Crippen molar-refractivity contribution in [1.29, 1.82) is 0 Å². The van der Waals surface area contributed by atoms with Gasteiger partial charge in [0.15, 0.2) is 0 Å². The predicted octanol–water partition coefficient (Wildman–Crippen LogP) is 8.63. The molecular formula is C27H56NO+. The first-order valence-electron chi connectivity index (χ1n) is 13.7. The molecule has 1 aliphatic heterocycles.